The van der Waals surface area contributed by atoms with Gasteiger partial charge in [0, 0.05) is 11.6 Å². The Bertz CT molecular complexity index is 720. The Morgan fingerprint density at radius 2 is 2.14 bits per heavy atom. The number of hydrogen-bond acceptors (Lipinski definition) is 9. The van der Waals surface area contributed by atoms with Crippen molar-refractivity contribution in [1.29, 1.82) is 0 Å². The zero-order chi connectivity index (χ0) is 14.9. The number of nitrogen functional groups attached to an aromatic ring is 1. The van der Waals surface area contributed by atoms with Gasteiger partial charge in [0.15, 0.2) is 0 Å². The summed E-state index contributed by atoms with van der Waals surface area (Å²) in [6, 6.07) is 0. The molecule has 0 saturated heterocycles. The van der Waals surface area contributed by atoms with E-state index in [9.17, 15) is 0 Å². The van der Waals surface area contributed by atoms with Crippen LogP contribution in [0.5, 0.6) is 0 Å². The molecule has 0 aliphatic carbocycles. The van der Waals surface area contributed by atoms with Gasteiger partial charge in [-0.1, -0.05) is 0 Å². The fourth-order valence-corrected chi connectivity index (χ4v) is 2.43. The summed E-state index contributed by atoms with van der Waals surface area (Å²) < 4.78 is 1.42. The molecule has 0 atom stereocenters. The lowest BCUT2D eigenvalue weighted by Crippen LogP contribution is -2.29. The molecule has 0 unspecified atom stereocenters. The van der Waals surface area contributed by atoms with E-state index in [1.807, 2.05) is 19.2 Å². The van der Waals surface area contributed by atoms with Crippen LogP contribution in [0.3, 0.4) is 0 Å². The highest BCUT2D eigenvalue weighted by Crippen LogP contribution is 2.25. The fourth-order valence-electron chi connectivity index (χ4n) is 1.72. The molecule has 0 bridgehead atoms. The minimum Gasteiger partial charge on any atom is -0.368 e. The number of nitrogens with one attached hydrogen (secondary N) is 1. The molecule has 0 amide bonds. The third-order valence-corrected chi connectivity index (χ3v) is 3.75. The van der Waals surface area contributed by atoms with E-state index in [0.717, 1.165) is 5.01 Å². The molecule has 0 aliphatic rings. The maximum absolute atomic E-state index is 5.73. The van der Waals surface area contributed by atoms with E-state index in [2.05, 4.69) is 35.3 Å². The molecule has 0 fully saturated rings. The minimum absolute atomic E-state index is 0.105. The second-order valence-electron chi connectivity index (χ2n) is 4.74. The molecule has 9 nitrogen and oxygen atoms in total. The van der Waals surface area contributed by atoms with Crippen LogP contribution in [0.1, 0.15) is 18.9 Å². The van der Waals surface area contributed by atoms with Crippen LogP contribution in [0, 0.1) is 0 Å². The van der Waals surface area contributed by atoms with E-state index in [1.165, 1.54) is 17.3 Å². The van der Waals surface area contributed by atoms with Crippen LogP contribution in [-0.4, -0.2) is 34.7 Å². The fraction of sp³-hybridized carbons (Fsp3) is 0.273. The van der Waals surface area contributed by atoms with Crippen molar-refractivity contribution in [3.05, 3.63) is 29.2 Å². The summed E-state index contributed by atoms with van der Waals surface area (Å²) >= 11 is 1.55. The Morgan fingerprint density at radius 3 is 2.81 bits per heavy atom. The molecule has 0 saturated carbocycles. The highest BCUT2D eigenvalue weighted by molar-refractivity contribution is 7.09. The molecule has 3 rings (SSSR count). The first-order chi connectivity index (χ1) is 10.0. The molecule has 108 valence electrons. The average Bonchev–Trinajstić information content (AvgIpc) is 3.12. The van der Waals surface area contributed by atoms with E-state index >= 15 is 0 Å². The molecule has 0 aliphatic heterocycles. The van der Waals surface area contributed by atoms with E-state index in [0.29, 0.717) is 11.9 Å². The highest BCUT2D eigenvalue weighted by Gasteiger charge is 2.24. The number of anilines is 2. The second kappa shape index (κ2) is 5.05. The predicted octanol–water partition coefficient (Wildman–Crippen LogP) is 0.838. The van der Waals surface area contributed by atoms with Crippen LogP contribution < -0.4 is 11.1 Å². The lowest BCUT2D eigenvalue weighted by Gasteiger charge is -2.23. The number of hydrogen-bond donors (Lipinski definition) is 2. The molecule has 0 aromatic carbocycles. The van der Waals surface area contributed by atoms with E-state index in [-0.39, 0.29) is 5.95 Å². The molecular formula is C11H13N9S. The van der Waals surface area contributed by atoms with Gasteiger partial charge >= 0.3 is 0 Å². The largest absolute Gasteiger partial charge is 0.368 e. The first-order valence-corrected chi connectivity index (χ1v) is 6.97. The van der Waals surface area contributed by atoms with Gasteiger partial charge in [0.05, 0.1) is 5.54 Å². The molecule has 0 spiro atoms. The number of aromatic nitrogens is 7. The molecule has 10 heteroatoms. The van der Waals surface area contributed by atoms with Crippen LogP contribution in [0.15, 0.2) is 24.2 Å². The Kier molecular flexibility index (Phi) is 3.22. The van der Waals surface area contributed by atoms with Gasteiger partial charge in [0.1, 0.15) is 17.7 Å². The predicted molar refractivity (Wildman–Crippen MR) is 77.9 cm³/mol. The smallest absolute Gasteiger partial charge is 0.258 e. The SMILES string of the molecule is CC(C)(Nc1nc(N)nc(-n2cncn2)n1)c1nccs1. The van der Waals surface area contributed by atoms with Gasteiger partial charge < -0.3 is 11.1 Å². The van der Waals surface area contributed by atoms with Crippen molar-refractivity contribution in [2.24, 2.45) is 0 Å². The first kappa shape index (κ1) is 13.4. The van der Waals surface area contributed by atoms with Crippen molar-refractivity contribution in [2.45, 2.75) is 19.4 Å². The number of nitrogens with two attached hydrogens (primary N) is 1. The monoisotopic (exact) mass is 303 g/mol. The zero-order valence-corrected chi connectivity index (χ0v) is 12.2. The Balaban J connectivity index is 1.93. The third-order valence-electron chi connectivity index (χ3n) is 2.66. The number of thiazole rings is 1. The van der Waals surface area contributed by atoms with Crippen molar-refractivity contribution in [2.75, 3.05) is 11.1 Å². The van der Waals surface area contributed by atoms with E-state index in [1.54, 1.807) is 17.5 Å². The lowest BCUT2D eigenvalue weighted by atomic mass is 10.1. The number of nitrogens with zero attached hydrogens (tertiary/aromatic N) is 7. The second-order valence-corrected chi connectivity index (χ2v) is 5.64. The summed E-state index contributed by atoms with van der Waals surface area (Å²) in [4.78, 5) is 20.6. The average molecular weight is 303 g/mol. The summed E-state index contributed by atoms with van der Waals surface area (Å²) in [5, 5.41) is 10.0. The molecular weight excluding hydrogens is 290 g/mol. The van der Waals surface area contributed by atoms with Gasteiger partial charge in [-0.15, -0.1) is 11.3 Å². The third kappa shape index (κ3) is 2.79. The van der Waals surface area contributed by atoms with Crippen molar-refractivity contribution in [1.82, 2.24) is 34.7 Å². The van der Waals surface area contributed by atoms with Gasteiger partial charge in [-0.3, -0.25) is 0 Å². The zero-order valence-electron chi connectivity index (χ0n) is 11.4. The highest BCUT2D eigenvalue weighted by atomic mass is 32.1. The van der Waals surface area contributed by atoms with Gasteiger partial charge in [0.25, 0.3) is 5.95 Å². The molecule has 3 heterocycles. The summed E-state index contributed by atoms with van der Waals surface area (Å²) in [7, 11) is 0. The van der Waals surface area contributed by atoms with Crippen molar-refractivity contribution in [3.63, 3.8) is 0 Å². The van der Waals surface area contributed by atoms with Gasteiger partial charge in [-0.2, -0.15) is 24.7 Å². The summed E-state index contributed by atoms with van der Waals surface area (Å²) in [5.41, 5.74) is 5.30. The maximum atomic E-state index is 5.73. The standard InChI is InChI=1S/C11H13N9S/c1-11(2,7-14-3-4-21-7)19-9-16-8(12)17-10(18-9)20-6-13-5-15-20/h3-6H,1-2H3,(H3,12,16,17,18,19). The summed E-state index contributed by atoms with van der Waals surface area (Å²) in [5.74, 6) is 0.763. The quantitative estimate of drug-likeness (QED) is 0.727. The lowest BCUT2D eigenvalue weighted by molar-refractivity contribution is 0.595. The van der Waals surface area contributed by atoms with E-state index < -0.39 is 5.54 Å². The maximum Gasteiger partial charge on any atom is 0.258 e. The Hall–Kier alpha value is -2.62. The van der Waals surface area contributed by atoms with Gasteiger partial charge in [0.2, 0.25) is 11.9 Å². The molecule has 21 heavy (non-hydrogen) atoms. The van der Waals surface area contributed by atoms with Crippen molar-refractivity contribution in [3.8, 4) is 5.95 Å². The van der Waals surface area contributed by atoms with Crippen LogP contribution in [0.25, 0.3) is 5.95 Å². The van der Waals surface area contributed by atoms with E-state index in [4.69, 9.17) is 5.73 Å². The van der Waals surface area contributed by atoms with Crippen LogP contribution in [0.2, 0.25) is 0 Å². The molecule has 3 aromatic heterocycles. The molecule has 0 radical (unpaired) electrons. The van der Waals surface area contributed by atoms with Crippen molar-refractivity contribution >= 4 is 23.2 Å². The van der Waals surface area contributed by atoms with Crippen LogP contribution in [-0.2, 0) is 5.54 Å². The summed E-state index contributed by atoms with van der Waals surface area (Å²) in [6.45, 7) is 3.97. The van der Waals surface area contributed by atoms with Crippen LogP contribution in [0.4, 0.5) is 11.9 Å². The molecule has 3 N–H and O–H groups in total. The minimum atomic E-state index is -0.429. The topological polar surface area (TPSA) is 120 Å². The van der Waals surface area contributed by atoms with Crippen molar-refractivity contribution < 1.29 is 0 Å². The molecule has 3 aromatic rings. The van der Waals surface area contributed by atoms with Gasteiger partial charge in [-0.25, -0.2) is 9.97 Å². The van der Waals surface area contributed by atoms with Gasteiger partial charge in [-0.05, 0) is 13.8 Å². The number of rotatable bonds is 4. The normalized spacial score (nSPS) is 11.5. The van der Waals surface area contributed by atoms with Crippen LogP contribution >= 0.6 is 11.3 Å². The Morgan fingerprint density at radius 1 is 1.29 bits per heavy atom. The summed E-state index contributed by atoms with van der Waals surface area (Å²) in [6.07, 6.45) is 4.64. The Labute approximate surface area is 124 Å². The first-order valence-electron chi connectivity index (χ1n) is 6.09.